The number of rotatable bonds is 5. The predicted molar refractivity (Wildman–Crippen MR) is 213 cm³/mol. The molecule has 3 nitrogen and oxygen atoms in total. The average molecular weight is 682 g/mol. The van der Waals surface area contributed by atoms with Gasteiger partial charge in [0, 0.05) is 30.3 Å². The van der Waals surface area contributed by atoms with E-state index in [0.29, 0.717) is 28.7 Å². The number of aromatic nitrogens is 3. The Hall–Kier alpha value is -6.45. The first-order chi connectivity index (χ1) is 32.2. The van der Waals surface area contributed by atoms with E-state index in [0.717, 1.165) is 38.9 Å². The average Bonchev–Trinajstić information content (AvgIpc) is 3.86. The smallest absolute Gasteiger partial charge is 0.164 e. The Morgan fingerprint density at radius 2 is 0.942 bits per heavy atom. The van der Waals surface area contributed by atoms with E-state index in [9.17, 15) is 0 Å². The van der Waals surface area contributed by atoms with E-state index in [1.165, 1.54) is 0 Å². The molecule has 0 radical (unpaired) electrons. The van der Waals surface area contributed by atoms with Crippen molar-refractivity contribution in [3.8, 4) is 78.7 Å². The fourth-order valence-electron chi connectivity index (χ4n) is 7.50. The van der Waals surface area contributed by atoms with Crippen molar-refractivity contribution < 1.29 is 21.9 Å². The van der Waals surface area contributed by atoms with Crippen LogP contribution in [0.4, 0.5) is 0 Å². The van der Waals surface area contributed by atoms with Gasteiger partial charge in [-0.05, 0) is 85.3 Å². The van der Waals surface area contributed by atoms with E-state index in [1.54, 1.807) is 48.5 Å². The molecular weight excluding hydrogens is 631 g/mol. The zero-order valence-corrected chi connectivity index (χ0v) is 27.4. The number of nitrogens with zero attached hydrogens (tertiary/aromatic N) is 3. The minimum Gasteiger partial charge on any atom is -0.208 e. The normalized spacial score (nSPS) is 18.2. The van der Waals surface area contributed by atoms with Crippen LogP contribution in [0.2, 0.25) is 0 Å². The Morgan fingerprint density at radius 3 is 1.58 bits per heavy atom. The molecule has 0 amide bonds. The van der Waals surface area contributed by atoms with Crippen LogP contribution in [-0.4, -0.2) is 15.0 Å². The maximum absolute atomic E-state index is 8.73. The molecule has 8 aromatic rings. The van der Waals surface area contributed by atoms with Gasteiger partial charge in [0.25, 0.3) is 0 Å². The quantitative estimate of drug-likeness (QED) is 0.181. The summed E-state index contributed by atoms with van der Waals surface area (Å²) in [6.45, 7) is -5.83. The molecule has 0 saturated heterocycles. The van der Waals surface area contributed by atoms with Crippen LogP contribution < -0.4 is 0 Å². The molecular formula is C49H35N3. The molecule has 0 saturated carbocycles. The SMILES string of the molecule is [2H]c1c([2H])c([2H])c(-c2nc(-c3cccc(-c4cccc5c4Cc4c(-c6ccc7c(c6)C(C([2H])([2H])[2H])(C([2H])([2H])[2H])c6ccccc6-7)cccc4-5)c3)nc(-c3c([2H])c([2H])c([2H])c([2H])c3[2H])n2)c([2H])c1[2H]. The molecule has 0 bridgehead atoms. The highest BCUT2D eigenvalue weighted by atomic mass is 15.0. The van der Waals surface area contributed by atoms with Gasteiger partial charge in [0.15, 0.2) is 17.5 Å². The van der Waals surface area contributed by atoms with Gasteiger partial charge in [0.1, 0.15) is 0 Å². The van der Waals surface area contributed by atoms with Crippen molar-refractivity contribution in [2.45, 2.75) is 25.5 Å². The molecule has 1 heterocycles. The van der Waals surface area contributed by atoms with E-state index in [1.807, 2.05) is 54.6 Å². The van der Waals surface area contributed by atoms with Crippen molar-refractivity contribution in [3.63, 3.8) is 0 Å². The lowest BCUT2D eigenvalue weighted by Crippen LogP contribution is -2.14. The third-order valence-corrected chi connectivity index (χ3v) is 9.87. The molecule has 10 rings (SSSR count). The topological polar surface area (TPSA) is 38.7 Å². The van der Waals surface area contributed by atoms with E-state index < -0.39 is 79.5 Å². The van der Waals surface area contributed by atoms with Gasteiger partial charge in [-0.1, -0.05) is 165 Å². The lowest BCUT2D eigenvalue weighted by molar-refractivity contribution is 0.660. The lowest BCUT2D eigenvalue weighted by atomic mass is 9.81. The number of hydrogen-bond donors (Lipinski definition) is 0. The minimum atomic E-state index is -2.92. The summed E-state index contributed by atoms with van der Waals surface area (Å²) in [6.07, 6.45) is 0.452. The first-order valence-electron chi connectivity index (χ1n) is 24.7. The van der Waals surface area contributed by atoms with Crippen molar-refractivity contribution in [2.24, 2.45) is 0 Å². The zero-order valence-electron chi connectivity index (χ0n) is 43.4. The Kier molecular flexibility index (Phi) is 4.13. The third-order valence-electron chi connectivity index (χ3n) is 9.87. The highest BCUT2D eigenvalue weighted by Gasteiger charge is 2.35. The molecule has 2 aliphatic rings. The molecule has 0 N–H and O–H groups in total. The first-order valence-corrected chi connectivity index (χ1v) is 16.7. The summed E-state index contributed by atoms with van der Waals surface area (Å²) < 4.78 is 137. The molecule has 7 aromatic carbocycles. The summed E-state index contributed by atoms with van der Waals surface area (Å²) in [6, 6.07) is 24.9. The van der Waals surface area contributed by atoms with Crippen LogP contribution in [-0.2, 0) is 11.8 Å². The van der Waals surface area contributed by atoms with Crippen molar-refractivity contribution in [1.82, 2.24) is 15.0 Å². The fraction of sp³-hybridized carbons (Fsp3) is 0.0816. The van der Waals surface area contributed by atoms with Gasteiger partial charge in [0.2, 0.25) is 0 Å². The van der Waals surface area contributed by atoms with Gasteiger partial charge in [-0.2, -0.15) is 0 Å². The fourth-order valence-corrected chi connectivity index (χ4v) is 7.50. The van der Waals surface area contributed by atoms with Crippen LogP contribution >= 0.6 is 0 Å². The van der Waals surface area contributed by atoms with Gasteiger partial charge in [-0.15, -0.1) is 0 Å². The number of fused-ring (bicyclic) bond motifs is 6. The predicted octanol–water partition coefficient (Wildman–Crippen LogP) is 12.1. The van der Waals surface area contributed by atoms with E-state index in [-0.39, 0.29) is 39.7 Å². The summed E-state index contributed by atoms with van der Waals surface area (Å²) in [5, 5.41) is 0. The Bertz CT molecular complexity index is 3330. The largest absolute Gasteiger partial charge is 0.208 e. The van der Waals surface area contributed by atoms with Gasteiger partial charge >= 0.3 is 0 Å². The Labute approximate surface area is 326 Å². The van der Waals surface area contributed by atoms with Gasteiger partial charge in [0.05, 0.1) is 13.7 Å². The maximum Gasteiger partial charge on any atom is 0.164 e. The van der Waals surface area contributed by atoms with Crippen molar-refractivity contribution >= 4 is 0 Å². The van der Waals surface area contributed by atoms with Crippen molar-refractivity contribution in [1.29, 1.82) is 0 Å². The second kappa shape index (κ2) is 11.8. The minimum absolute atomic E-state index is 0.0624. The van der Waals surface area contributed by atoms with Crippen molar-refractivity contribution in [3.05, 3.63) is 186 Å². The van der Waals surface area contributed by atoms with Gasteiger partial charge in [-0.3, -0.25) is 0 Å². The van der Waals surface area contributed by atoms with E-state index in [4.69, 9.17) is 21.9 Å². The molecule has 1 aromatic heterocycles. The maximum atomic E-state index is 8.73. The van der Waals surface area contributed by atoms with E-state index in [2.05, 4.69) is 15.0 Å². The summed E-state index contributed by atoms with van der Waals surface area (Å²) in [4.78, 5) is 13.6. The van der Waals surface area contributed by atoms with Crippen LogP contribution in [0.5, 0.6) is 0 Å². The summed E-state index contributed by atoms with van der Waals surface area (Å²) in [5.74, 6) is -0.797. The van der Waals surface area contributed by atoms with Gasteiger partial charge < -0.3 is 0 Å². The summed E-state index contributed by atoms with van der Waals surface area (Å²) in [7, 11) is 0. The summed E-state index contributed by atoms with van der Waals surface area (Å²) >= 11 is 0. The monoisotopic (exact) mass is 681 g/mol. The molecule has 0 fully saturated rings. The van der Waals surface area contributed by atoms with E-state index >= 15 is 0 Å². The first kappa shape index (κ1) is 18.2. The molecule has 0 spiro atoms. The van der Waals surface area contributed by atoms with Gasteiger partial charge in [-0.25, -0.2) is 15.0 Å². The molecule has 0 aliphatic heterocycles. The third kappa shape index (κ3) is 4.85. The van der Waals surface area contributed by atoms with Crippen LogP contribution in [0.1, 0.15) is 57.9 Å². The molecule has 0 atom stereocenters. The molecule has 3 heteroatoms. The second-order valence-electron chi connectivity index (χ2n) is 12.8. The number of benzene rings is 7. The molecule has 52 heavy (non-hydrogen) atoms. The summed E-state index contributed by atoms with van der Waals surface area (Å²) in [5.41, 5.74) is 5.86. The molecule has 246 valence electrons. The molecule has 2 aliphatic carbocycles. The van der Waals surface area contributed by atoms with Crippen LogP contribution in [0.25, 0.3) is 78.7 Å². The zero-order chi connectivity index (χ0) is 48.5. The standard InChI is InChI=1S/C49H35N3/c1-49(2)44-25-10-9-20-40(44)41-27-26-34(29-45(41)49)37-22-13-24-39-38-23-12-21-36(42(38)30-43(37)39)33-18-11-19-35(28-33)48-51-46(31-14-5-3-6-15-31)50-47(52-48)32-16-7-4-8-17-32/h3-29H,30H2,1-2H3/i1D3,2D3,3D,4D,5D,6D,7D,8D,14D,15D,16D,17D. The Morgan fingerprint density at radius 1 is 0.442 bits per heavy atom. The van der Waals surface area contributed by atoms with Crippen molar-refractivity contribution in [2.75, 3.05) is 0 Å². The lowest BCUT2D eigenvalue weighted by Gasteiger charge is -2.22. The highest BCUT2D eigenvalue weighted by molar-refractivity contribution is 5.91. The van der Waals surface area contributed by atoms with Crippen LogP contribution in [0.3, 0.4) is 0 Å². The molecule has 0 unspecified atom stereocenters. The number of hydrogen-bond acceptors (Lipinski definition) is 3. The second-order valence-corrected chi connectivity index (χ2v) is 12.8. The highest BCUT2D eigenvalue weighted by Crippen LogP contribution is 2.51. The Balaban J connectivity index is 1.10. The van der Waals surface area contributed by atoms with Crippen LogP contribution in [0.15, 0.2) is 164 Å². The van der Waals surface area contributed by atoms with Crippen LogP contribution in [0, 0.1) is 0 Å².